The molecule has 0 atom stereocenters. The molecule has 108 valence electrons. The Morgan fingerprint density at radius 1 is 1.50 bits per heavy atom. The van der Waals surface area contributed by atoms with Gasteiger partial charge in [0, 0.05) is 30.3 Å². The van der Waals surface area contributed by atoms with Crippen molar-refractivity contribution in [1.29, 1.82) is 0 Å². The molecule has 6 heteroatoms. The smallest absolute Gasteiger partial charge is 0.334 e. The SMILES string of the molecule is C=C(CNCc1cccc([N+](=O)[O-])c1C)C(=O)OCC. The van der Waals surface area contributed by atoms with Crippen molar-refractivity contribution in [3.8, 4) is 0 Å². The van der Waals surface area contributed by atoms with Gasteiger partial charge in [0.2, 0.25) is 0 Å². The lowest BCUT2D eigenvalue weighted by atomic mass is 10.1. The van der Waals surface area contributed by atoms with E-state index in [1.165, 1.54) is 6.07 Å². The van der Waals surface area contributed by atoms with Gasteiger partial charge in [-0.1, -0.05) is 18.7 Å². The zero-order chi connectivity index (χ0) is 15.1. The van der Waals surface area contributed by atoms with Crippen molar-refractivity contribution in [3.05, 3.63) is 51.6 Å². The fraction of sp³-hybridized carbons (Fsp3) is 0.357. The van der Waals surface area contributed by atoms with E-state index in [0.29, 0.717) is 24.3 Å². The van der Waals surface area contributed by atoms with Gasteiger partial charge in [0.25, 0.3) is 5.69 Å². The summed E-state index contributed by atoms with van der Waals surface area (Å²) in [6, 6.07) is 4.92. The topological polar surface area (TPSA) is 81.5 Å². The molecule has 1 aromatic rings. The van der Waals surface area contributed by atoms with Crippen LogP contribution in [0.3, 0.4) is 0 Å². The normalized spacial score (nSPS) is 10.1. The lowest BCUT2D eigenvalue weighted by molar-refractivity contribution is -0.385. The van der Waals surface area contributed by atoms with Crippen molar-refractivity contribution in [2.24, 2.45) is 0 Å². The number of nitrogens with zero attached hydrogens (tertiary/aromatic N) is 1. The fourth-order valence-corrected chi connectivity index (χ4v) is 1.71. The summed E-state index contributed by atoms with van der Waals surface area (Å²) < 4.78 is 4.81. The van der Waals surface area contributed by atoms with E-state index in [-0.39, 0.29) is 12.2 Å². The maximum absolute atomic E-state index is 11.3. The summed E-state index contributed by atoms with van der Waals surface area (Å²) in [7, 11) is 0. The number of nitrogens with one attached hydrogen (secondary N) is 1. The van der Waals surface area contributed by atoms with E-state index in [4.69, 9.17) is 4.74 Å². The first-order valence-corrected chi connectivity index (χ1v) is 6.25. The largest absolute Gasteiger partial charge is 0.463 e. The third-order valence-electron chi connectivity index (χ3n) is 2.83. The molecule has 0 aliphatic carbocycles. The highest BCUT2D eigenvalue weighted by molar-refractivity contribution is 5.88. The van der Waals surface area contributed by atoms with Crippen LogP contribution < -0.4 is 5.32 Å². The first-order chi connectivity index (χ1) is 9.47. The molecule has 1 rings (SSSR count). The average Bonchev–Trinajstić information content (AvgIpc) is 2.40. The van der Waals surface area contributed by atoms with Crippen molar-refractivity contribution in [3.63, 3.8) is 0 Å². The summed E-state index contributed by atoms with van der Waals surface area (Å²) in [5.74, 6) is -0.434. The molecule has 0 fully saturated rings. The molecule has 20 heavy (non-hydrogen) atoms. The van der Waals surface area contributed by atoms with E-state index in [0.717, 1.165) is 5.56 Å². The molecule has 0 radical (unpaired) electrons. The number of benzene rings is 1. The Kier molecular flexibility index (Phi) is 5.86. The van der Waals surface area contributed by atoms with Crippen molar-refractivity contribution in [2.75, 3.05) is 13.2 Å². The quantitative estimate of drug-likeness (QED) is 0.357. The highest BCUT2D eigenvalue weighted by Gasteiger charge is 2.13. The number of nitro groups is 1. The molecule has 0 heterocycles. The van der Waals surface area contributed by atoms with Crippen molar-refractivity contribution >= 4 is 11.7 Å². The van der Waals surface area contributed by atoms with Gasteiger partial charge in [-0.05, 0) is 19.4 Å². The molecular weight excluding hydrogens is 260 g/mol. The molecule has 0 amide bonds. The molecule has 6 nitrogen and oxygen atoms in total. The molecule has 1 N–H and O–H groups in total. The Morgan fingerprint density at radius 2 is 2.20 bits per heavy atom. The summed E-state index contributed by atoms with van der Waals surface area (Å²) in [6.45, 7) is 8.07. The van der Waals surface area contributed by atoms with Crippen LogP contribution >= 0.6 is 0 Å². The lowest BCUT2D eigenvalue weighted by Crippen LogP contribution is -2.22. The molecule has 0 aromatic heterocycles. The summed E-state index contributed by atoms with van der Waals surface area (Å²) >= 11 is 0. The van der Waals surface area contributed by atoms with Crippen LogP contribution in [0.1, 0.15) is 18.1 Å². The molecular formula is C14H18N2O4. The van der Waals surface area contributed by atoms with Crippen LogP contribution in [0.4, 0.5) is 5.69 Å². The van der Waals surface area contributed by atoms with Crippen LogP contribution in [-0.2, 0) is 16.1 Å². The average molecular weight is 278 g/mol. The fourth-order valence-electron chi connectivity index (χ4n) is 1.71. The van der Waals surface area contributed by atoms with Gasteiger partial charge in [-0.2, -0.15) is 0 Å². The van der Waals surface area contributed by atoms with E-state index in [2.05, 4.69) is 11.9 Å². The zero-order valence-corrected chi connectivity index (χ0v) is 11.6. The molecule has 0 unspecified atom stereocenters. The van der Waals surface area contributed by atoms with Gasteiger partial charge in [0.15, 0.2) is 0 Å². The summed E-state index contributed by atoms with van der Waals surface area (Å²) in [5, 5.41) is 13.9. The van der Waals surface area contributed by atoms with Gasteiger partial charge in [-0.25, -0.2) is 4.79 Å². The molecule has 1 aromatic carbocycles. The minimum atomic E-state index is -0.434. The molecule has 0 saturated heterocycles. The van der Waals surface area contributed by atoms with Crippen LogP contribution in [0.5, 0.6) is 0 Å². The van der Waals surface area contributed by atoms with Crippen LogP contribution in [0.25, 0.3) is 0 Å². The third-order valence-corrected chi connectivity index (χ3v) is 2.83. The zero-order valence-electron chi connectivity index (χ0n) is 11.6. The summed E-state index contributed by atoms with van der Waals surface area (Å²) in [6.07, 6.45) is 0. The van der Waals surface area contributed by atoms with Crippen molar-refractivity contribution in [2.45, 2.75) is 20.4 Å². The number of hydrogen-bond donors (Lipinski definition) is 1. The maximum atomic E-state index is 11.3. The number of hydrogen-bond acceptors (Lipinski definition) is 5. The second-order valence-electron chi connectivity index (χ2n) is 4.25. The highest BCUT2D eigenvalue weighted by Crippen LogP contribution is 2.20. The van der Waals surface area contributed by atoms with Crippen LogP contribution in [0, 0.1) is 17.0 Å². The van der Waals surface area contributed by atoms with E-state index < -0.39 is 10.9 Å². The maximum Gasteiger partial charge on any atom is 0.334 e. The van der Waals surface area contributed by atoms with Gasteiger partial charge in [-0.3, -0.25) is 10.1 Å². The Labute approximate surface area is 117 Å². The molecule has 0 spiro atoms. The Morgan fingerprint density at radius 3 is 2.80 bits per heavy atom. The van der Waals surface area contributed by atoms with Crippen LogP contribution in [0.15, 0.2) is 30.4 Å². The highest BCUT2D eigenvalue weighted by atomic mass is 16.6. The van der Waals surface area contributed by atoms with Gasteiger partial charge >= 0.3 is 5.97 Å². The van der Waals surface area contributed by atoms with Crippen molar-refractivity contribution < 1.29 is 14.5 Å². The number of nitro benzene ring substituents is 1. The van der Waals surface area contributed by atoms with Gasteiger partial charge in [0.1, 0.15) is 0 Å². The Balaban J connectivity index is 2.59. The first-order valence-electron chi connectivity index (χ1n) is 6.25. The number of carbonyl (C=O) groups excluding carboxylic acids is 1. The van der Waals surface area contributed by atoms with E-state index in [1.54, 1.807) is 19.9 Å². The second-order valence-corrected chi connectivity index (χ2v) is 4.25. The number of ether oxygens (including phenoxy) is 1. The predicted octanol–water partition coefficient (Wildman–Crippen LogP) is 2.11. The van der Waals surface area contributed by atoms with Gasteiger partial charge < -0.3 is 10.1 Å². The number of carbonyl (C=O) groups is 1. The first kappa shape index (κ1) is 15.8. The second kappa shape index (κ2) is 7.40. The molecule has 0 bridgehead atoms. The van der Waals surface area contributed by atoms with Gasteiger partial charge in [-0.15, -0.1) is 0 Å². The van der Waals surface area contributed by atoms with Crippen LogP contribution in [0.2, 0.25) is 0 Å². The summed E-state index contributed by atoms with van der Waals surface area (Å²) in [4.78, 5) is 21.8. The van der Waals surface area contributed by atoms with E-state index in [9.17, 15) is 14.9 Å². The predicted molar refractivity (Wildman–Crippen MR) is 75.3 cm³/mol. The minimum absolute atomic E-state index is 0.0912. The Bertz CT molecular complexity index is 526. The third kappa shape index (κ3) is 4.17. The Hall–Kier alpha value is -2.21. The standard InChI is InChI=1S/C14H18N2O4/c1-4-20-14(17)10(2)8-15-9-12-6-5-7-13(11(12)3)16(18)19/h5-7,15H,2,4,8-9H2,1,3H3. The molecule has 0 saturated carbocycles. The molecule has 0 aliphatic rings. The number of esters is 1. The van der Waals surface area contributed by atoms with E-state index in [1.807, 2.05) is 6.07 Å². The van der Waals surface area contributed by atoms with Crippen LogP contribution in [-0.4, -0.2) is 24.0 Å². The molecule has 0 aliphatic heterocycles. The summed E-state index contributed by atoms with van der Waals surface area (Å²) in [5.41, 5.74) is 1.85. The monoisotopic (exact) mass is 278 g/mol. The van der Waals surface area contributed by atoms with Gasteiger partial charge in [0.05, 0.1) is 11.5 Å². The lowest BCUT2D eigenvalue weighted by Gasteiger charge is -2.09. The van der Waals surface area contributed by atoms with E-state index >= 15 is 0 Å². The van der Waals surface area contributed by atoms with Crippen molar-refractivity contribution in [1.82, 2.24) is 5.32 Å². The minimum Gasteiger partial charge on any atom is -0.463 e. The number of rotatable bonds is 7.